The van der Waals surface area contributed by atoms with Crippen molar-refractivity contribution < 1.29 is 9.59 Å². The number of aromatic nitrogens is 1. The zero-order valence-corrected chi connectivity index (χ0v) is 13.6. The summed E-state index contributed by atoms with van der Waals surface area (Å²) in [6.45, 7) is 2.24. The first-order chi connectivity index (χ1) is 11.7. The van der Waals surface area contributed by atoms with E-state index in [1.54, 1.807) is 22.1 Å². The fourth-order valence-corrected chi connectivity index (χ4v) is 2.70. The van der Waals surface area contributed by atoms with E-state index in [4.69, 9.17) is 0 Å². The number of benzene rings is 1. The van der Waals surface area contributed by atoms with Crippen molar-refractivity contribution in [3.63, 3.8) is 0 Å². The second kappa shape index (κ2) is 7.12. The van der Waals surface area contributed by atoms with Crippen LogP contribution in [0.4, 0.5) is 11.4 Å². The topological polar surface area (TPSA) is 56.8 Å². The van der Waals surface area contributed by atoms with Gasteiger partial charge in [-0.25, -0.2) is 4.98 Å². The van der Waals surface area contributed by atoms with Crippen LogP contribution in [0.2, 0.25) is 0 Å². The second-order valence-electron chi connectivity index (χ2n) is 5.73. The van der Waals surface area contributed by atoms with Crippen LogP contribution >= 0.6 is 0 Å². The molecule has 24 heavy (non-hydrogen) atoms. The van der Waals surface area contributed by atoms with Crippen molar-refractivity contribution in [1.82, 2.24) is 14.8 Å². The van der Waals surface area contributed by atoms with E-state index in [1.807, 2.05) is 48.3 Å². The third-order valence-electron chi connectivity index (χ3n) is 4.25. The molecule has 1 aliphatic heterocycles. The summed E-state index contributed by atoms with van der Waals surface area (Å²) in [5.74, 6) is -0.0885. The molecule has 0 aliphatic carbocycles. The van der Waals surface area contributed by atoms with Gasteiger partial charge in [0.25, 0.3) is 5.91 Å². The number of carbonyl (C=O) groups is 2. The quantitative estimate of drug-likeness (QED) is 0.804. The first kappa shape index (κ1) is 16.0. The lowest BCUT2D eigenvalue weighted by Crippen LogP contribution is -2.48. The van der Waals surface area contributed by atoms with Crippen molar-refractivity contribution in [2.45, 2.75) is 0 Å². The van der Waals surface area contributed by atoms with Gasteiger partial charge in [-0.05, 0) is 24.3 Å². The summed E-state index contributed by atoms with van der Waals surface area (Å²) in [4.78, 5) is 33.0. The van der Waals surface area contributed by atoms with Crippen LogP contribution in [-0.4, -0.2) is 60.3 Å². The lowest BCUT2D eigenvalue weighted by Gasteiger charge is -2.32. The molecular weight excluding hydrogens is 304 g/mol. The predicted octanol–water partition coefficient (Wildman–Crippen LogP) is 1.76. The van der Waals surface area contributed by atoms with E-state index < -0.39 is 0 Å². The number of piperazine rings is 1. The Morgan fingerprint density at radius 1 is 1.04 bits per heavy atom. The Balaban J connectivity index is 1.68. The average molecular weight is 324 g/mol. The number of para-hydroxylation sites is 1. The third-order valence-corrected chi connectivity index (χ3v) is 4.25. The van der Waals surface area contributed by atoms with Gasteiger partial charge in [0.15, 0.2) is 0 Å². The number of hydrogen-bond acceptors (Lipinski definition) is 4. The Morgan fingerprint density at radius 2 is 1.75 bits per heavy atom. The number of pyridine rings is 1. The van der Waals surface area contributed by atoms with Crippen LogP contribution in [0.1, 0.15) is 10.5 Å². The fraction of sp³-hybridized carbons (Fsp3) is 0.278. The highest BCUT2D eigenvalue weighted by Crippen LogP contribution is 2.22. The maximum Gasteiger partial charge on any atom is 0.272 e. The van der Waals surface area contributed by atoms with Crippen molar-refractivity contribution >= 4 is 23.7 Å². The van der Waals surface area contributed by atoms with E-state index >= 15 is 0 Å². The van der Waals surface area contributed by atoms with Crippen LogP contribution in [0.25, 0.3) is 0 Å². The third kappa shape index (κ3) is 3.37. The lowest BCUT2D eigenvalue weighted by molar-refractivity contribution is -0.119. The molecule has 124 valence electrons. The minimum Gasteiger partial charge on any atom is -0.343 e. The predicted molar refractivity (Wildman–Crippen MR) is 92.3 cm³/mol. The van der Waals surface area contributed by atoms with Crippen molar-refractivity contribution in [2.75, 3.05) is 38.1 Å². The summed E-state index contributed by atoms with van der Waals surface area (Å²) in [7, 11) is 1.96. The second-order valence-corrected chi connectivity index (χ2v) is 5.73. The van der Waals surface area contributed by atoms with Crippen LogP contribution in [0.15, 0.2) is 48.7 Å². The molecule has 0 N–H and O–H groups in total. The normalized spacial score (nSPS) is 14.4. The van der Waals surface area contributed by atoms with Crippen molar-refractivity contribution in [3.8, 4) is 0 Å². The highest BCUT2D eigenvalue weighted by atomic mass is 16.2. The smallest absolute Gasteiger partial charge is 0.272 e. The van der Waals surface area contributed by atoms with E-state index in [0.717, 1.165) is 17.8 Å². The molecule has 1 aromatic carbocycles. The van der Waals surface area contributed by atoms with Crippen LogP contribution < -0.4 is 4.90 Å². The van der Waals surface area contributed by atoms with Gasteiger partial charge in [0.1, 0.15) is 5.69 Å². The SMILES string of the molecule is CN(c1ccccc1)c1ccc(C(=O)N2CCN(C=O)CC2)nc1. The Labute approximate surface area is 141 Å². The Hall–Kier alpha value is -2.89. The van der Waals surface area contributed by atoms with Crippen molar-refractivity contribution in [2.24, 2.45) is 0 Å². The van der Waals surface area contributed by atoms with E-state index in [9.17, 15) is 9.59 Å². The maximum absolute atomic E-state index is 12.5. The molecule has 1 saturated heterocycles. The summed E-state index contributed by atoms with van der Waals surface area (Å²) >= 11 is 0. The highest BCUT2D eigenvalue weighted by Gasteiger charge is 2.22. The molecule has 6 heteroatoms. The first-order valence-electron chi connectivity index (χ1n) is 7.92. The van der Waals surface area contributed by atoms with Gasteiger partial charge in [0.2, 0.25) is 6.41 Å². The molecule has 1 aliphatic rings. The number of anilines is 2. The molecule has 1 aromatic heterocycles. The van der Waals surface area contributed by atoms with Crippen LogP contribution in [-0.2, 0) is 4.79 Å². The molecule has 0 atom stereocenters. The number of nitrogens with zero attached hydrogens (tertiary/aromatic N) is 4. The van der Waals surface area contributed by atoms with Crippen LogP contribution in [0.5, 0.6) is 0 Å². The summed E-state index contributed by atoms with van der Waals surface area (Å²) in [6, 6.07) is 13.6. The lowest BCUT2D eigenvalue weighted by atomic mass is 10.2. The molecule has 0 spiro atoms. The zero-order chi connectivity index (χ0) is 16.9. The van der Waals surface area contributed by atoms with Gasteiger partial charge in [-0.1, -0.05) is 18.2 Å². The number of amides is 2. The molecular formula is C18H20N4O2. The number of hydrogen-bond donors (Lipinski definition) is 0. The van der Waals surface area contributed by atoms with Crippen molar-refractivity contribution in [3.05, 3.63) is 54.4 Å². The maximum atomic E-state index is 12.5. The monoisotopic (exact) mass is 324 g/mol. The Bertz CT molecular complexity index is 695. The van der Waals surface area contributed by atoms with Gasteiger partial charge >= 0.3 is 0 Å². The standard InChI is InChI=1S/C18H20N4O2/c1-20(15-5-3-2-4-6-15)16-7-8-17(19-13-16)18(24)22-11-9-21(14-23)10-12-22/h2-8,13-14H,9-12H2,1H3. The average Bonchev–Trinajstić information content (AvgIpc) is 2.68. The molecule has 0 saturated carbocycles. The summed E-state index contributed by atoms with van der Waals surface area (Å²) < 4.78 is 0. The van der Waals surface area contributed by atoms with E-state index in [-0.39, 0.29) is 5.91 Å². The number of carbonyl (C=O) groups excluding carboxylic acids is 2. The molecule has 3 rings (SSSR count). The van der Waals surface area contributed by atoms with Gasteiger partial charge in [-0.3, -0.25) is 9.59 Å². The molecule has 0 radical (unpaired) electrons. The Kier molecular flexibility index (Phi) is 4.74. The molecule has 2 amide bonds. The zero-order valence-electron chi connectivity index (χ0n) is 13.6. The summed E-state index contributed by atoms with van der Waals surface area (Å²) in [5.41, 5.74) is 2.41. The number of rotatable bonds is 4. The van der Waals surface area contributed by atoms with Crippen molar-refractivity contribution in [1.29, 1.82) is 0 Å². The minimum atomic E-state index is -0.0885. The van der Waals surface area contributed by atoms with Gasteiger partial charge in [0.05, 0.1) is 11.9 Å². The fourth-order valence-electron chi connectivity index (χ4n) is 2.70. The Morgan fingerprint density at radius 3 is 2.33 bits per heavy atom. The highest BCUT2D eigenvalue weighted by molar-refractivity contribution is 5.92. The van der Waals surface area contributed by atoms with Gasteiger partial charge in [-0.2, -0.15) is 0 Å². The van der Waals surface area contributed by atoms with Crippen LogP contribution in [0, 0.1) is 0 Å². The molecule has 6 nitrogen and oxygen atoms in total. The first-order valence-corrected chi connectivity index (χ1v) is 7.92. The largest absolute Gasteiger partial charge is 0.343 e. The van der Waals surface area contributed by atoms with E-state index in [1.165, 1.54) is 0 Å². The van der Waals surface area contributed by atoms with Crippen LogP contribution in [0.3, 0.4) is 0 Å². The van der Waals surface area contributed by atoms with Gasteiger partial charge < -0.3 is 14.7 Å². The van der Waals surface area contributed by atoms with Gasteiger partial charge in [-0.15, -0.1) is 0 Å². The molecule has 2 heterocycles. The summed E-state index contributed by atoms with van der Waals surface area (Å²) in [5, 5.41) is 0. The van der Waals surface area contributed by atoms with E-state index in [2.05, 4.69) is 4.98 Å². The minimum absolute atomic E-state index is 0.0885. The van der Waals surface area contributed by atoms with E-state index in [0.29, 0.717) is 31.9 Å². The molecule has 1 fully saturated rings. The molecule has 0 bridgehead atoms. The molecule has 0 unspecified atom stereocenters. The summed E-state index contributed by atoms with van der Waals surface area (Å²) in [6.07, 6.45) is 2.54. The van der Waals surface area contributed by atoms with Gasteiger partial charge in [0, 0.05) is 38.9 Å². The molecule has 2 aromatic rings.